The number of hydrogen-bond acceptors (Lipinski definition) is 4. The van der Waals surface area contributed by atoms with Crippen molar-refractivity contribution in [1.29, 1.82) is 0 Å². The van der Waals surface area contributed by atoms with Crippen LogP contribution in [0.3, 0.4) is 0 Å². The van der Waals surface area contributed by atoms with Crippen LogP contribution in [0.5, 0.6) is 0 Å². The van der Waals surface area contributed by atoms with Gasteiger partial charge in [0.2, 0.25) is 0 Å². The largest absolute Gasteiger partial charge is 0.468 e. The molecule has 0 aromatic carbocycles. The maximum absolute atomic E-state index is 12.0. The van der Waals surface area contributed by atoms with Crippen LogP contribution in [0.2, 0.25) is 0 Å². The molecule has 0 amide bonds. The maximum atomic E-state index is 12.0. The van der Waals surface area contributed by atoms with E-state index in [4.69, 9.17) is 21.1 Å². The molecule has 0 N–H and O–H groups in total. The van der Waals surface area contributed by atoms with Crippen LogP contribution in [-0.2, 0) is 19.1 Å². The van der Waals surface area contributed by atoms with E-state index in [2.05, 4.69) is 6.58 Å². The van der Waals surface area contributed by atoms with Gasteiger partial charge in [0.25, 0.3) is 0 Å². The van der Waals surface area contributed by atoms with Gasteiger partial charge in [-0.2, -0.15) is 0 Å². The van der Waals surface area contributed by atoms with Gasteiger partial charge < -0.3 is 9.47 Å². The Morgan fingerprint density at radius 3 is 2.21 bits per heavy atom. The van der Waals surface area contributed by atoms with Crippen LogP contribution < -0.4 is 0 Å². The second-order valence-electron chi connectivity index (χ2n) is 4.62. The first-order valence-electron chi connectivity index (χ1n) is 6.07. The Labute approximate surface area is 118 Å². The van der Waals surface area contributed by atoms with Gasteiger partial charge in [-0.25, -0.2) is 0 Å². The standard InChI is InChI=1S/C14H19ClO4/c1-4-10-8-14(12(16)18-2,13(17)19-3)9-11(10)6-5-7-15/h4-6,10-11H,1,7-9H2,2-3H3/b6-5-/t10-,11+/m1/s1. The molecule has 0 radical (unpaired) electrons. The SMILES string of the molecule is C=C[C@@H]1CC(C(=O)OC)(C(=O)OC)C[C@@H]1/C=C\CCl. The Morgan fingerprint density at radius 2 is 1.79 bits per heavy atom. The molecular formula is C14H19ClO4. The second kappa shape index (κ2) is 6.75. The van der Waals surface area contributed by atoms with Crippen LogP contribution in [0.15, 0.2) is 24.8 Å². The van der Waals surface area contributed by atoms with Crippen LogP contribution in [0.4, 0.5) is 0 Å². The van der Waals surface area contributed by atoms with Crippen molar-refractivity contribution in [3.8, 4) is 0 Å². The monoisotopic (exact) mass is 286 g/mol. The zero-order valence-corrected chi connectivity index (χ0v) is 12.0. The molecule has 4 nitrogen and oxygen atoms in total. The van der Waals surface area contributed by atoms with E-state index in [1.807, 2.05) is 12.2 Å². The van der Waals surface area contributed by atoms with Crippen LogP contribution in [0, 0.1) is 17.3 Å². The highest BCUT2D eigenvalue weighted by molar-refractivity contribution is 6.18. The third-order valence-electron chi connectivity index (χ3n) is 3.65. The topological polar surface area (TPSA) is 52.6 Å². The summed E-state index contributed by atoms with van der Waals surface area (Å²) in [5, 5.41) is 0. The Morgan fingerprint density at radius 1 is 1.26 bits per heavy atom. The summed E-state index contributed by atoms with van der Waals surface area (Å²) in [7, 11) is 2.55. The minimum absolute atomic E-state index is 0.0256. The van der Waals surface area contributed by atoms with E-state index < -0.39 is 17.4 Å². The lowest BCUT2D eigenvalue weighted by molar-refractivity contribution is -0.168. The molecule has 5 heteroatoms. The van der Waals surface area contributed by atoms with Crippen molar-refractivity contribution in [2.45, 2.75) is 12.8 Å². The first-order valence-corrected chi connectivity index (χ1v) is 6.61. The molecular weight excluding hydrogens is 268 g/mol. The predicted octanol–water partition coefficient (Wildman–Crippen LogP) is 2.33. The lowest BCUT2D eigenvalue weighted by Gasteiger charge is -2.22. The van der Waals surface area contributed by atoms with Crippen molar-refractivity contribution in [3.05, 3.63) is 24.8 Å². The number of carbonyl (C=O) groups excluding carboxylic acids is 2. The van der Waals surface area contributed by atoms with E-state index in [-0.39, 0.29) is 11.8 Å². The number of allylic oxidation sites excluding steroid dienone is 3. The molecule has 1 saturated carbocycles. The molecule has 0 saturated heterocycles. The number of rotatable bonds is 5. The molecule has 106 valence electrons. The zero-order valence-electron chi connectivity index (χ0n) is 11.2. The summed E-state index contributed by atoms with van der Waals surface area (Å²) >= 11 is 5.63. The molecule has 0 aliphatic heterocycles. The minimum atomic E-state index is -1.23. The van der Waals surface area contributed by atoms with Gasteiger partial charge in [-0.15, -0.1) is 18.2 Å². The lowest BCUT2D eigenvalue weighted by atomic mass is 9.85. The van der Waals surface area contributed by atoms with Gasteiger partial charge in [-0.05, 0) is 24.7 Å². The molecule has 0 spiro atoms. The number of methoxy groups -OCH3 is 2. The highest BCUT2D eigenvalue weighted by atomic mass is 35.5. The van der Waals surface area contributed by atoms with Crippen molar-refractivity contribution in [2.75, 3.05) is 20.1 Å². The number of alkyl halides is 1. The number of halogens is 1. The summed E-state index contributed by atoms with van der Waals surface area (Å²) in [6.07, 6.45) is 6.21. The molecule has 1 aliphatic carbocycles. The summed E-state index contributed by atoms with van der Waals surface area (Å²) in [5.74, 6) is -0.642. The molecule has 2 atom stereocenters. The van der Waals surface area contributed by atoms with E-state index in [0.29, 0.717) is 18.7 Å². The predicted molar refractivity (Wildman–Crippen MR) is 72.7 cm³/mol. The molecule has 0 unspecified atom stereocenters. The van der Waals surface area contributed by atoms with Crippen LogP contribution in [0.25, 0.3) is 0 Å². The van der Waals surface area contributed by atoms with Gasteiger partial charge in [0.05, 0.1) is 14.2 Å². The normalized spacial score (nSPS) is 25.2. The third kappa shape index (κ3) is 3.00. The number of carbonyl (C=O) groups is 2. The van der Waals surface area contributed by atoms with E-state index in [1.165, 1.54) is 14.2 Å². The van der Waals surface area contributed by atoms with Crippen molar-refractivity contribution in [3.63, 3.8) is 0 Å². The van der Waals surface area contributed by atoms with Gasteiger partial charge in [-0.1, -0.05) is 18.2 Å². The Hall–Kier alpha value is -1.29. The van der Waals surface area contributed by atoms with Gasteiger partial charge in [0.15, 0.2) is 5.41 Å². The van der Waals surface area contributed by atoms with E-state index >= 15 is 0 Å². The summed E-state index contributed by atoms with van der Waals surface area (Å²) in [6.45, 7) is 3.77. The molecule has 0 heterocycles. The molecule has 1 rings (SSSR count). The van der Waals surface area contributed by atoms with Crippen LogP contribution in [-0.4, -0.2) is 32.0 Å². The number of esters is 2. The van der Waals surface area contributed by atoms with E-state index in [0.717, 1.165) is 0 Å². The van der Waals surface area contributed by atoms with Crippen molar-refractivity contribution in [2.24, 2.45) is 17.3 Å². The van der Waals surface area contributed by atoms with Gasteiger partial charge in [0.1, 0.15) is 0 Å². The molecule has 19 heavy (non-hydrogen) atoms. The summed E-state index contributed by atoms with van der Waals surface area (Å²) in [5.41, 5.74) is -1.23. The molecule has 1 aliphatic rings. The van der Waals surface area contributed by atoms with Crippen LogP contribution >= 0.6 is 11.6 Å². The average Bonchev–Trinajstić information content (AvgIpc) is 2.83. The summed E-state index contributed by atoms with van der Waals surface area (Å²) in [6, 6.07) is 0. The highest BCUT2D eigenvalue weighted by Crippen LogP contribution is 2.48. The van der Waals surface area contributed by atoms with Crippen molar-refractivity contribution in [1.82, 2.24) is 0 Å². The second-order valence-corrected chi connectivity index (χ2v) is 4.93. The molecule has 0 bridgehead atoms. The Bertz CT molecular complexity index is 373. The Balaban J connectivity index is 3.08. The van der Waals surface area contributed by atoms with E-state index in [9.17, 15) is 9.59 Å². The minimum Gasteiger partial charge on any atom is -0.468 e. The van der Waals surface area contributed by atoms with Crippen LogP contribution in [0.1, 0.15) is 12.8 Å². The lowest BCUT2D eigenvalue weighted by Crippen LogP contribution is -2.39. The first-order chi connectivity index (χ1) is 9.05. The molecule has 1 fully saturated rings. The molecule has 0 aromatic heterocycles. The zero-order chi connectivity index (χ0) is 14.5. The average molecular weight is 287 g/mol. The maximum Gasteiger partial charge on any atom is 0.323 e. The fraction of sp³-hybridized carbons (Fsp3) is 0.571. The Kier molecular flexibility index (Phi) is 5.60. The number of ether oxygens (including phenoxy) is 2. The first kappa shape index (κ1) is 15.8. The smallest absolute Gasteiger partial charge is 0.323 e. The van der Waals surface area contributed by atoms with Gasteiger partial charge in [0, 0.05) is 5.88 Å². The summed E-state index contributed by atoms with van der Waals surface area (Å²) in [4.78, 5) is 24.0. The number of hydrogen-bond donors (Lipinski definition) is 0. The van der Waals surface area contributed by atoms with Gasteiger partial charge >= 0.3 is 11.9 Å². The van der Waals surface area contributed by atoms with Crippen molar-refractivity contribution >= 4 is 23.5 Å². The summed E-state index contributed by atoms with van der Waals surface area (Å²) < 4.78 is 9.56. The van der Waals surface area contributed by atoms with Gasteiger partial charge in [-0.3, -0.25) is 9.59 Å². The quantitative estimate of drug-likeness (QED) is 0.337. The third-order valence-corrected chi connectivity index (χ3v) is 3.82. The fourth-order valence-corrected chi connectivity index (χ4v) is 2.80. The van der Waals surface area contributed by atoms with Crippen molar-refractivity contribution < 1.29 is 19.1 Å². The fourth-order valence-electron chi connectivity index (χ4n) is 2.69. The highest BCUT2D eigenvalue weighted by Gasteiger charge is 2.55. The molecule has 0 aromatic rings. The van der Waals surface area contributed by atoms with E-state index in [1.54, 1.807) is 6.08 Å².